The molecule has 0 fully saturated rings. The highest BCUT2D eigenvalue weighted by molar-refractivity contribution is 5.89. The van der Waals surface area contributed by atoms with Crippen LogP contribution in [0.25, 0.3) is 17.0 Å². The van der Waals surface area contributed by atoms with E-state index in [2.05, 4.69) is 47.9 Å². The molecule has 0 radical (unpaired) electrons. The summed E-state index contributed by atoms with van der Waals surface area (Å²) < 4.78 is 2.37. The van der Waals surface area contributed by atoms with Crippen LogP contribution in [0.2, 0.25) is 0 Å². The van der Waals surface area contributed by atoms with Gasteiger partial charge in [-0.1, -0.05) is 24.3 Å². The van der Waals surface area contributed by atoms with Gasteiger partial charge in [-0.25, -0.2) is 0 Å². The second-order valence-electron chi connectivity index (χ2n) is 4.35. The van der Waals surface area contributed by atoms with Crippen molar-refractivity contribution in [2.45, 2.75) is 25.9 Å². The molecule has 1 aromatic heterocycles. The number of hydrogen-bond donors (Lipinski definition) is 1. The maximum absolute atomic E-state index is 6.00. The van der Waals surface area contributed by atoms with Crippen molar-refractivity contribution >= 4 is 17.0 Å². The predicted octanol–water partition coefficient (Wildman–Crippen LogP) is 2.56. The van der Waals surface area contributed by atoms with Gasteiger partial charge in [0, 0.05) is 29.2 Å². The lowest BCUT2D eigenvalue weighted by molar-refractivity contribution is 0.754. The Morgan fingerprint density at radius 2 is 2.19 bits per heavy atom. The molecule has 82 valence electrons. The van der Waals surface area contributed by atoms with Crippen LogP contribution < -0.4 is 5.73 Å². The molecule has 1 aromatic carbocycles. The van der Waals surface area contributed by atoms with Crippen molar-refractivity contribution < 1.29 is 0 Å². The Balaban J connectivity index is 2.37. The Hall–Kier alpha value is -1.54. The van der Waals surface area contributed by atoms with Gasteiger partial charge in [0.15, 0.2) is 0 Å². The van der Waals surface area contributed by atoms with Crippen LogP contribution >= 0.6 is 0 Å². The fraction of sp³-hybridized carbons (Fsp3) is 0.286. The summed E-state index contributed by atoms with van der Waals surface area (Å²) in [4.78, 5) is 0. The topological polar surface area (TPSA) is 30.9 Å². The van der Waals surface area contributed by atoms with Crippen LogP contribution in [-0.4, -0.2) is 10.6 Å². The van der Waals surface area contributed by atoms with E-state index in [1.54, 1.807) is 0 Å². The van der Waals surface area contributed by atoms with Gasteiger partial charge < -0.3 is 10.3 Å². The van der Waals surface area contributed by atoms with Gasteiger partial charge in [0.1, 0.15) is 0 Å². The van der Waals surface area contributed by atoms with E-state index in [-0.39, 0.29) is 6.04 Å². The summed E-state index contributed by atoms with van der Waals surface area (Å²) in [5, 5.41) is 1.36. The summed E-state index contributed by atoms with van der Waals surface area (Å²) in [6, 6.07) is 8.77. The maximum Gasteiger partial charge on any atom is 0.0487 e. The summed E-state index contributed by atoms with van der Waals surface area (Å²) in [5.41, 5.74) is 10.1. The van der Waals surface area contributed by atoms with Gasteiger partial charge in [-0.3, -0.25) is 0 Å². The molecule has 0 aliphatic heterocycles. The lowest BCUT2D eigenvalue weighted by atomic mass is 9.98. The number of nitrogens with zero attached hydrogens (tertiary/aromatic N) is 1. The van der Waals surface area contributed by atoms with Gasteiger partial charge in [-0.2, -0.15) is 0 Å². The maximum atomic E-state index is 6.00. The molecule has 0 saturated carbocycles. The van der Waals surface area contributed by atoms with E-state index in [1.165, 1.54) is 22.2 Å². The normalized spacial score (nSPS) is 19.0. The summed E-state index contributed by atoms with van der Waals surface area (Å²) in [5.74, 6) is 0. The lowest BCUT2D eigenvalue weighted by Crippen LogP contribution is -2.22. The van der Waals surface area contributed by atoms with Crippen molar-refractivity contribution in [3.63, 3.8) is 0 Å². The molecule has 16 heavy (non-hydrogen) atoms. The minimum absolute atomic E-state index is 0.170. The first kappa shape index (κ1) is 9.67. The van der Waals surface area contributed by atoms with Crippen LogP contribution in [0.15, 0.2) is 30.3 Å². The molecule has 0 bridgehead atoms. The fourth-order valence-electron chi connectivity index (χ4n) is 2.66. The van der Waals surface area contributed by atoms with E-state index < -0.39 is 0 Å². The van der Waals surface area contributed by atoms with Gasteiger partial charge in [-0.15, -0.1) is 0 Å². The molecular weight excluding hydrogens is 196 g/mol. The zero-order valence-corrected chi connectivity index (χ0v) is 9.48. The average molecular weight is 212 g/mol. The molecule has 2 heteroatoms. The number of benzene rings is 1. The van der Waals surface area contributed by atoms with Crippen molar-refractivity contribution in [1.29, 1.82) is 0 Å². The van der Waals surface area contributed by atoms with Gasteiger partial charge in [0.2, 0.25) is 0 Å². The minimum atomic E-state index is 0.170. The molecule has 0 saturated heterocycles. The van der Waals surface area contributed by atoms with Crippen molar-refractivity contribution in [2.24, 2.45) is 5.73 Å². The molecule has 1 aliphatic carbocycles. The standard InChI is InChI=1S/C14H16N2/c1-2-16-13-6-4-3-5-11(13)12-9-10(15)7-8-14(12)16/h3-8,10H,2,9,15H2,1H3. The zero-order valence-electron chi connectivity index (χ0n) is 9.48. The third-order valence-corrected chi connectivity index (χ3v) is 3.38. The highest BCUT2D eigenvalue weighted by atomic mass is 15.0. The SMILES string of the molecule is CCn1c2c(c3ccccc31)CC(N)C=C2. The molecule has 3 rings (SSSR count). The first-order chi connectivity index (χ1) is 7.81. The van der Waals surface area contributed by atoms with Gasteiger partial charge in [0.25, 0.3) is 0 Å². The zero-order chi connectivity index (χ0) is 11.1. The molecule has 0 amide bonds. The van der Waals surface area contributed by atoms with E-state index in [0.29, 0.717) is 0 Å². The number of hydrogen-bond acceptors (Lipinski definition) is 1. The van der Waals surface area contributed by atoms with Crippen LogP contribution in [-0.2, 0) is 13.0 Å². The minimum Gasteiger partial charge on any atom is -0.341 e. The molecule has 1 aliphatic rings. The first-order valence-corrected chi connectivity index (χ1v) is 5.85. The third-order valence-electron chi connectivity index (χ3n) is 3.38. The first-order valence-electron chi connectivity index (χ1n) is 5.85. The second-order valence-corrected chi connectivity index (χ2v) is 4.35. The van der Waals surface area contributed by atoms with Crippen LogP contribution in [0.1, 0.15) is 18.2 Å². The summed E-state index contributed by atoms with van der Waals surface area (Å²) in [6.07, 6.45) is 5.24. The number of nitrogens with two attached hydrogens (primary N) is 1. The van der Waals surface area contributed by atoms with Crippen LogP contribution in [0.4, 0.5) is 0 Å². The summed E-state index contributed by atoms with van der Waals surface area (Å²) in [7, 11) is 0. The van der Waals surface area contributed by atoms with Crippen molar-refractivity contribution in [2.75, 3.05) is 0 Å². The van der Waals surface area contributed by atoms with Crippen molar-refractivity contribution in [1.82, 2.24) is 4.57 Å². The molecular formula is C14H16N2. The molecule has 1 heterocycles. The van der Waals surface area contributed by atoms with Gasteiger partial charge in [-0.05, 0) is 31.1 Å². The second kappa shape index (κ2) is 3.49. The van der Waals surface area contributed by atoms with E-state index in [0.717, 1.165) is 13.0 Å². The molecule has 2 nitrogen and oxygen atoms in total. The quantitative estimate of drug-likeness (QED) is 0.773. The molecule has 2 aromatic rings. The van der Waals surface area contributed by atoms with Crippen molar-refractivity contribution in [3.8, 4) is 0 Å². The number of fused-ring (bicyclic) bond motifs is 3. The Bertz CT molecular complexity index is 563. The number of aromatic nitrogens is 1. The Labute approximate surface area is 95.4 Å². The molecule has 1 atom stereocenters. The number of aryl methyl sites for hydroxylation is 1. The van der Waals surface area contributed by atoms with E-state index >= 15 is 0 Å². The van der Waals surface area contributed by atoms with E-state index in [4.69, 9.17) is 5.73 Å². The highest BCUT2D eigenvalue weighted by Gasteiger charge is 2.18. The highest BCUT2D eigenvalue weighted by Crippen LogP contribution is 2.30. The largest absolute Gasteiger partial charge is 0.341 e. The van der Waals surface area contributed by atoms with Crippen LogP contribution in [0.5, 0.6) is 0 Å². The molecule has 0 spiro atoms. The molecule has 2 N–H and O–H groups in total. The van der Waals surface area contributed by atoms with Crippen LogP contribution in [0, 0.1) is 0 Å². The average Bonchev–Trinajstić information content (AvgIpc) is 2.62. The molecule has 1 unspecified atom stereocenters. The third kappa shape index (κ3) is 1.23. The number of rotatable bonds is 1. The van der Waals surface area contributed by atoms with Gasteiger partial charge >= 0.3 is 0 Å². The summed E-state index contributed by atoms with van der Waals surface area (Å²) in [6.45, 7) is 3.20. The monoisotopic (exact) mass is 212 g/mol. The Morgan fingerprint density at radius 3 is 3.00 bits per heavy atom. The van der Waals surface area contributed by atoms with Gasteiger partial charge in [0.05, 0.1) is 0 Å². The summed E-state index contributed by atoms with van der Waals surface area (Å²) >= 11 is 0. The Kier molecular flexibility index (Phi) is 2.11. The van der Waals surface area contributed by atoms with Crippen LogP contribution in [0.3, 0.4) is 0 Å². The van der Waals surface area contributed by atoms with E-state index in [9.17, 15) is 0 Å². The smallest absolute Gasteiger partial charge is 0.0487 e. The Morgan fingerprint density at radius 1 is 1.38 bits per heavy atom. The predicted molar refractivity (Wildman–Crippen MR) is 68.3 cm³/mol. The van der Waals surface area contributed by atoms with E-state index in [1.807, 2.05) is 0 Å². The number of para-hydroxylation sites is 1. The lowest BCUT2D eigenvalue weighted by Gasteiger charge is -2.14. The fourth-order valence-corrected chi connectivity index (χ4v) is 2.66. The van der Waals surface area contributed by atoms with Crippen molar-refractivity contribution in [3.05, 3.63) is 41.6 Å².